The second-order valence-electron chi connectivity index (χ2n) is 6.67. The topological polar surface area (TPSA) is 94.8 Å². The van der Waals surface area contributed by atoms with Crippen LogP contribution in [-0.2, 0) is 9.59 Å². The number of ketones is 1. The summed E-state index contributed by atoms with van der Waals surface area (Å²) in [7, 11) is 0. The van der Waals surface area contributed by atoms with Crippen LogP contribution in [0.25, 0.3) is 0 Å². The summed E-state index contributed by atoms with van der Waals surface area (Å²) >= 11 is 0. The molecule has 0 amide bonds. The molecule has 0 saturated heterocycles. The Labute approximate surface area is 146 Å². The Morgan fingerprint density at radius 3 is 1.58 bits per heavy atom. The van der Waals surface area contributed by atoms with Gasteiger partial charge in [-0.25, -0.2) is 0 Å². The van der Waals surface area contributed by atoms with Gasteiger partial charge in [0.1, 0.15) is 12.0 Å². The smallest absolute Gasteiger partial charge is 0.314 e. The quantitative estimate of drug-likeness (QED) is 0.276. The summed E-state index contributed by atoms with van der Waals surface area (Å²) in [6.07, 6.45) is 12.9. The van der Waals surface area contributed by atoms with Crippen molar-refractivity contribution in [3.8, 4) is 0 Å². The molecular formula is C19H36O5. The Balaban J connectivity index is 3.59. The minimum atomic E-state index is -1.58. The molecule has 142 valence electrons. The molecule has 0 rings (SSSR count). The van der Waals surface area contributed by atoms with Gasteiger partial charge in [0.25, 0.3) is 0 Å². The van der Waals surface area contributed by atoms with Gasteiger partial charge in [0, 0.05) is 0 Å². The number of carboxylic acids is 1. The highest BCUT2D eigenvalue weighted by molar-refractivity contribution is 6.00. The van der Waals surface area contributed by atoms with E-state index in [-0.39, 0.29) is 6.42 Å². The highest BCUT2D eigenvalue weighted by Crippen LogP contribution is 2.16. The average Bonchev–Trinajstić information content (AvgIpc) is 2.57. The largest absolute Gasteiger partial charge is 0.481 e. The molecule has 2 atom stereocenters. The van der Waals surface area contributed by atoms with Crippen LogP contribution in [-0.4, -0.2) is 39.8 Å². The number of unbranched alkanes of at least 4 members (excludes halogenated alkanes) is 11. The number of Topliss-reactive ketones (excluding diaryl/α,β-unsaturated/α-hetero) is 1. The minimum Gasteiger partial charge on any atom is -0.481 e. The number of aliphatic hydroxyl groups is 2. The minimum absolute atomic E-state index is 0.239. The summed E-state index contributed by atoms with van der Waals surface area (Å²) in [6, 6.07) is 0. The van der Waals surface area contributed by atoms with E-state index in [1.54, 1.807) is 0 Å². The lowest BCUT2D eigenvalue weighted by Crippen LogP contribution is -2.35. The Morgan fingerprint density at radius 1 is 0.792 bits per heavy atom. The van der Waals surface area contributed by atoms with Crippen LogP contribution in [0.15, 0.2) is 0 Å². The van der Waals surface area contributed by atoms with Crippen molar-refractivity contribution in [3.05, 3.63) is 0 Å². The Hall–Kier alpha value is -0.940. The lowest BCUT2D eigenvalue weighted by atomic mass is 9.93. The summed E-state index contributed by atoms with van der Waals surface area (Å²) in [5.74, 6) is -3.20. The van der Waals surface area contributed by atoms with E-state index >= 15 is 0 Å². The molecule has 0 heterocycles. The van der Waals surface area contributed by atoms with E-state index in [1.807, 2.05) is 0 Å². The number of carbonyl (C=O) groups is 2. The van der Waals surface area contributed by atoms with Crippen molar-refractivity contribution in [2.45, 2.75) is 96.5 Å². The normalized spacial score (nSPS) is 13.6. The fourth-order valence-electron chi connectivity index (χ4n) is 2.90. The van der Waals surface area contributed by atoms with Gasteiger partial charge in [-0.1, -0.05) is 84.0 Å². The van der Waals surface area contributed by atoms with Crippen LogP contribution in [0.5, 0.6) is 0 Å². The highest BCUT2D eigenvalue weighted by atomic mass is 16.4. The molecule has 0 spiro atoms. The van der Waals surface area contributed by atoms with E-state index < -0.39 is 30.4 Å². The molecule has 0 aromatic heterocycles. The van der Waals surface area contributed by atoms with E-state index in [4.69, 9.17) is 10.2 Å². The number of carbonyl (C=O) groups excluding carboxylic acids is 1. The van der Waals surface area contributed by atoms with Crippen molar-refractivity contribution in [3.63, 3.8) is 0 Å². The second-order valence-corrected chi connectivity index (χ2v) is 6.67. The Morgan fingerprint density at radius 2 is 1.21 bits per heavy atom. The number of hydrogen-bond donors (Lipinski definition) is 3. The molecule has 0 aromatic carbocycles. The van der Waals surface area contributed by atoms with Crippen molar-refractivity contribution in [2.75, 3.05) is 6.61 Å². The first-order valence-electron chi connectivity index (χ1n) is 9.60. The maximum Gasteiger partial charge on any atom is 0.314 e. The molecule has 24 heavy (non-hydrogen) atoms. The van der Waals surface area contributed by atoms with Crippen LogP contribution in [0.2, 0.25) is 0 Å². The van der Waals surface area contributed by atoms with Gasteiger partial charge < -0.3 is 15.3 Å². The van der Waals surface area contributed by atoms with E-state index in [1.165, 1.54) is 51.4 Å². The third-order valence-corrected chi connectivity index (χ3v) is 4.49. The Bertz CT molecular complexity index is 330. The fourth-order valence-corrected chi connectivity index (χ4v) is 2.90. The Kier molecular flexibility index (Phi) is 15.0. The summed E-state index contributed by atoms with van der Waals surface area (Å²) in [5.41, 5.74) is 0. The zero-order valence-electron chi connectivity index (χ0n) is 15.2. The van der Waals surface area contributed by atoms with Gasteiger partial charge in [0.05, 0.1) is 6.61 Å². The molecule has 0 fully saturated rings. The zero-order valence-corrected chi connectivity index (χ0v) is 15.2. The number of hydrogen-bond acceptors (Lipinski definition) is 4. The predicted octanol–water partition coefficient (Wildman–Crippen LogP) is 3.70. The van der Waals surface area contributed by atoms with E-state index in [2.05, 4.69) is 6.92 Å². The van der Waals surface area contributed by atoms with Crippen LogP contribution in [0.1, 0.15) is 90.4 Å². The van der Waals surface area contributed by atoms with Crippen LogP contribution in [0.3, 0.4) is 0 Å². The van der Waals surface area contributed by atoms with Gasteiger partial charge in [0.2, 0.25) is 0 Å². The molecule has 2 unspecified atom stereocenters. The van der Waals surface area contributed by atoms with Crippen LogP contribution < -0.4 is 0 Å². The molecule has 5 nitrogen and oxygen atoms in total. The summed E-state index contributed by atoms with van der Waals surface area (Å²) in [5, 5.41) is 27.1. The lowest BCUT2D eigenvalue weighted by molar-refractivity contribution is -0.150. The molecule has 0 bridgehead atoms. The van der Waals surface area contributed by atoms with Gasteiger partial charge in [0.15, 0.2) is 5.78 Å². The van der Waals surface area contributed by atoms with Gasteiger partial charge >= 0.3 is 5.97 Å². The van der Waals surface area contributed by atoms with Crippen LogP contribution >= 0.6 is 0 Å². The first kappa shape index (κ1) is 23.1. The molecule has 0 radical (unpaired) electrons. The SMILES string of the molecule is CCCCCCCCCCCCCCC(C(=O)O)C(=O)C(O)CO. The molecule has 3 N–H and O–H groups in total. The third-order valence-electron chi connectivity index (χ3n) is 4.49. The van der Waals surface area contributed by atoms with Gasteiger partial charge in [-0.3, -0.25) is 9.59 Å². The first-order valence-corrected chi connectivity index (χ1v) is 9.60. The van der Waals surface area contributed by atoms with Gasteiger partial charge in [-0.05, 0) is 6.42 Å². The monoisotopic (exact) mass is 344 g/mol. The molecule has 0 aliphatic heterocycles. The molecule has 0 aliphatic carbocycles. The van der Waals surface area contributed by atoms with Crippen molar-refractivity contribution < 1.29 is 24.9 Å². The summed E-state index contributed by atoms with van der Waals surface area (Å²) in [6.45, 7) is 1.50. The van der Waals surface area contributed by atoms with E-state index in [9.17, 15) is 14.7 Å². The highest BCUT2D eigenvalue weighted by Gasteiger charge is 2.30. The summed E-state index contributed by atoms with van der Waals surface area (Å²) < 4.78 is 0. The van der Waals surface area contributed by atoms with E-state index in [0.29, 0.717) is 6.42 Å². The standard InChI is InChI=1S/C19H36O5/c1-2-3-4-5-6-7-8-9-10-11-12-13-14-16(19(23)24)18(22)17(21)15-20/h16-17,20-21H,2-15H2,1H3,(H,23,24). The molecular weight excluding hydrogens is 308 g/mol. The van der Waals surface area contributed by atoms with Crippen molar-refractivity contribution in [1.29, 1.82) is 0 Å². The molecule has 0 aromatic rings. The van der Waals surface area contributed by atoms with E-state index in [0.717, 1.165) is 19.3 Å². The molecule has 0 saturated carbocycles. The maximum absolute atomic E-state index is 11.7. The van der Waals surface area contributed by atoms with Crippen molar-refractivity contribution in [2.24, 2.45) is 5.92 Å². The fraction of sp³-hybridized carbons (Fsp3) is 0.895. The predicted molar refractivity (Wildman–Crippen MR) is 94.9 cm³/mol. The molecule has 0 aliphatic rings. The summed E-state index contributed by atoms with van der Waals surface area (Å²) in [4.78, 5) is 22.7. The number of aliphatic carboxylic acids is 1. The van der Waals surface area contributed by atoms with Gasteiger partial charge in [-0.2, -0.15) is 0 Å². The third kappa shape index (κ3) is 11.6. The molecule has 5 heteroatoms. The average molecular weight is 344 g/mol. The lowest BCUT2D eigenvalue weighted by Gasteiger charge is -2.14. The second kappa shape index (κ2) is 15.6. The van der Waals surface area contributed by atoms with Crippen molar-refractivity contribution >= 4 is 11.8 Å². The number of rotatable bonds is 17. The van der Waals surface area contributed by atoms with Gasteiger partial charge in [-0.15, -0.1) is 0 Å². The number of aliphatic hydroxyl groups excluding tert-OH is 2. The maximum atomic E-state index is 11.7. The number of carboxylic acid groups (broad SMARTS) is 1. The zero-order chi connectivity index (χ0) is 18.2. The van der Waals surface area contributed by atoms with Crippen LogP contribution in [0, 0.1) is 5.92 Å². The van der Waals surface area contributed by atoms with Crippen molar-refractivity contribution in [1.82, 2.24) is 0 Å². The van der Waals surface area contributed by atoms with Crippen LogP contribution in [0.4, 0.5) is 0 Å². The first-order chi connectivity index (χ1) is 11.5.